The maximum atomic E-state index is 13.3. The van der Waals surface area contributed by atoms with E-state index in [4.69, 9.17) is 11.6 Å². The Morgan fingerprint density at radius 1 is 1.03 bits per heavy atom. The number of imidazole rings is 1. The Balaban J connectivity index is 1.68. The predicted octanol–water partition coefficient (Wildman–Crippen LogP) is 4.91. The average Bonchev–Trinajstić information content (AvgIpc) is 3.06. The number of fused-ring (bicyclic) bond motifs is 1. The molecule has 0 unspecified atom stereocenters. The van der Waals surface area contributed by atoms with Crippen LogP contribution in [0.2, 0.25) is 5.02 Å². The number of nitrogens with one attached hydrogen (secondary N) is 1. The van der Waals surface area contributed by atoms with Gasteiger partial charge in [0.1, 0.15) is 6.54 Å². The molecule has 0 fully saturated rings. The first-order chi connectivity index (χ1) is 14.9. The molecule has 0 radical (unpaired) electrons. The summed E-state index contributed by atoms with van der Waals surface area (Å²) >= 11 is 5.76. The normalized spacial score (nSPS) is 12.1. The standard InChI is InChI=1S/C19H12ClF6N3O3/c20-11-6-5-10(18(21,22)23)7-13(11)27-15(30)9-32-16(31)8-29-14-4-2-1-3-12(14)28-17(29)19(24,25)26/h1-7H,8-9H2,(H,27,30). The maximum absolute atomic E-state index is 13.3. The second-order valence-corrected chi connectivity index (χ2v) is 6.82. The van der Waals surface area contributed by atoms with Crippen LogP contribution in [-0.2, 0) is 33.2 Å². The molecule has 0 saturated carbocycles. The number of alkyl halides is 6. The van der Waals surface area contributed by atoms with Gasteiger partial charge in [0.25, 0.3) is 5.91 Å². The Morgan fingerprint density at radius 3 is 2.38 bits per heavy atom. The van der Waals surface area contributed by atoms with Gasteiger partial charge in [0.2, 0.25) is 5.82 Å². The van der Waals surface area contributed by atoms with E-state index < -0.39 is 48.8 Å². The highest BCUT2D eigenvalue weighted by Crippen LogP contribution is 2.34. The summed E-state index contributed by atoms with van der Waals surface area (Å²) in [5.41, 5.74) is -1.41. The molecule has 1 amide bonds. The van der Waals surface area contributed by atoms with E-state index >= 15 is 0 Å². The van der Waals surface area contributed by atoms with Crippen LogP contribution in [0.25, 0.3) is 11.0 Å². The number of amides is 1. The summed E-state index contributed by atoms with van der Waals surface area (Å²) in [4.78, 5) is 27.5. The van der Waals surface area contributed by atoms with Gasteiger partial charge in [0.05, 0.1) is 27.3 Å². The summed E-state index contributed by atoms with van der Waals surface area (Å²) in [6.07, 6.45) is -9.53. The first-order valence-corrected chi connectivity index (χ1v) is 9.09. The van der Waals surface area contributed by atoms with Gasteiger partial charge < -0.3 is 14.6 Å². The molecule has 0 bridgehead atoms. The number of benzene rings is 2. The van der Waals surface area contributed by atoms with Gasteiger partial charge in [-0.3, -0.25) is 9.59 Å². The lowest BCUT2D eigenvalue weighted by Gasteiger charge is -2.13. The molecular formula is C19H12ClF6N3O3. The van der Waals surface area contributed by atoms with E-state index in [0.717, 1.165) is 6.07 Å². The second-order valence-electron chi connectivity index (χ2n) is 6.41. The third kappa shape index (κ3) is 5.31. The molecule has 0 spiro atoms. The van der Waals surface area contributed by atoms with Crippen molar-refractivity contribution in [1.82, 2.24) is 9.55 Å². The summed E-state index contributed by atoms with van der Waals surface area (Å²) in [5, 5.41) is 1.86. The van der Waals surface area contributed by atoms with E-state index in [2.05, 4.69) is 15.0 Å². The molecule has 32 heavy (non-hydrogen) atoms. The lowest BCUT2D eigenvalue weighted by molar-refractivity contribution is -0.152. The van der Waals surface area contributed by atoms with Gasteiger partial charge in [0, 0.05) is 0 Å². The zero-order valence-corrected chi connectivity index (χ0v) is 16.5. The van der Waals surface area contributed by atoms with Crippen LogP contribution in [0.15, 0.2) is 42.5 Å². The third-order valence-electron chi connectivity index (χ3n) is 4.13. The van der Waals surface area contributed by atoms with Gasteiger partial charge in [0.15, 0.2) is 6.61 Å². The second kappa shape index (κ2) is 8.69. The monoisotopic (exact) mass is 479 g/mol. The molecule has 1 aromatic heterocycles. The first-order valence-electron chi connectivity index (χ1n) is 8.71. The van der Waals surface area contributed by atoms with E-state index in [0.29, 0.717) is 16.7 Å². The van der Waals surface area contributed by atoms with Gasteiger partial charge in [-0.05, 0) is 30.3 Å². The fourth-order valence-electron chi connectivity index (χ4n) is 2.76. The SMILES string of the molecule is O=C(COC(=O)Cn1c(C(F)(F)F)nc2ccccc21)Nc1cc(C(F)(F)F)ccc1Cl. The summed E-state index contributed by atoms with van der Waals surface area (Å²) in [5.74, 6) is -3.55. The summed E-state index contributed by atoms with van der Waals surface area (Å²) < 4.78 is 83.4. The van der Waals surface area contributed by atoms with Crippen molar-refractivity contribution in [2.45, 2.75) is 18.9 Å². The molecule has 6 nitrogen and oxygen atoms in total. The minimum absolute atomic E-state index is 0.00422. The van der Waals surface area contributed by atoms with Crippen LogP contribution >= 0.6 is 11.6 Å². The highest BCUT2D eigenvalue weighted by molar-refractivity contribution is 6.33. The Morgan fingerprint density at radius 2 is 1.72 bits per heavy atom. The Hall–Kier alpha value is -3.28. The van der Waals surface area contributed by atoms with Crippen molar-refractivity contribution in [2.24, 2.45) is 0 Å². The van der Waals surface area contributed by atoms with Crippen molar-refractivity contribution in [3.8, 4) is 0 Å². The summed E-state index contributed by atoms with van der Waals surface area (Å²) in [6.45, 7) is -1.85. The largest absolute Gasteiger partial charge is 0.454 e. The van der Waals surface area contributed by atoms with Gasteiger partial charge in [-0.25, -0.2) is 4.98 Å². The zero-order chi connectivity index (χ0) is 23.7. The van der Waals surface area contributed by atoms with Crippen molar-refractivity contribution in [2.75, 3.05) is 11.9 Å². The van der Waals surface area contributed by atoms with Crippen LogP contribution < -0.4 is 5.32 Å². The zero-order valence-electron chi connectivity index (χ0n) is 15.7. The fraction of sp³-hybridized carbons (Fsp3) is 0.211. The van der Waals surface area contributed by atoms with Crippen LogP contribution in [-0.4, -0.2) is 28.0 Å². The highest BCUT2D eigenvalue weighted by atomic mass is 35.5. The van der Waals surface area contributed by atoms with Crippen LogP contribution in [0.1, 0.15) is 11.4 Å². The summed E-state index contributed by atoms with van der Waals surface area (Å²) in [7, 11) is 0. The van der Waals surface area contributed by atoms with Crippen molar-refractivity contribution in [3.05, 3.63) is 58.9 Å². The fourth-order valence-corrected chi connectivity index (χ4v) is 2.92. The van der Waals surface area contributed by atoms with Gasteiger partial charge >= 0.3 is 18.3 Å². The smallest absolute Gasteiger partial charge is 0.449 e. The number of aromatic nitrogens is 2. The number of anilines is 1. The van der Waals surface area contributed by atoms with E-state index in [1.165, 1.54) is 24.3 Å². The molecule has 1 heterocycles. The third-order valence-corrected chi connectivity index (χ3v) is 4.46. The molecule has 0 aliphatic heterocycles. The average molecular weight is 480 g/mol. The van der Waals surface area contributed by atoms with Crippen LogP contribution in [0.4, 0.5) is 32.0 Å². The lowest BCUT2D eigenvalue weighted by atomic mass is 10.2. The predicted molar refractivity (Wildman–Crippen MR) is 101 cm³/mol. The maximum Gasteiger partial charge on any atom is 0.449 e. The molecule has 1 N–H and O–H groups in total. The number of para-hydroxylation sites is 2. The number of halogens is 7. The Labute approximate surface area is 180 Å². The minimum atomic E-state index is -4.85. The molecule has 0 aliphatic carbocycles. The number of nitrogens with zero attached hydrogens (tertiary/aromatic N) is 2. The quantitative estimate of drug-likeness (QED) is 0.417. The molecule has 0 aliphatic rings. The molecule has 13 heteroatoms. The number of hydrogen-bond donors (Lipinski definition) is 1. The topological polar surface area (TPSA) is 73.2 Å². The Kier molecular flexibility index (Phi) is 6.35. The number of carbonyl (C=O) groups is 2. The number of esters is 1. The molecule has 3 rings (SSSR count). The number of ether oxygens (including phenoxy) is 1. The van der Waals surface area contributed by atoms with Crippen molar-refractivity contribution in [1.29, 1.82) is 0 Å². The van der Waals surface area contributed by atoms with E-state index in [-0.39, 0.29) is 21.7 Å². The van der Waals surface area contributed by atoms with E-state index in [9.17, 15) is 35.9 Å². The molecule has 0 saturated heterocycles. The number of hydrogen-bond acceptors (Lipinski definition) is 4. The molecule has 0 atom stereocenters. The Bertz CT molecular complexity index is 1170. The molecular weight excluding hydrogens is 468 g/mol. The number of rotatable bonds is 5. The number of carbonyl (C=O) groups excluding carboxylic acids is 2. The molecule has 170 valence electrons. The van der Waals surface area contributed by atoms with Crippen LogP contribution in [0.3, 0.4) is 0 Å². The molecule has 2 aromatic carbocycles. The van der Waals surface area contributed by atoms with Crippen molar-refractivity contribution >= 4 is 40.2 Å². The first kappa shape index (κ1) is 23.4. The van der Waals surface area contributed by atoms with Crippen molar-refractivity contribution < 1.29 is 40.7 Å². The molecule has 3 aromatic rings. The van der Waals surface area contributed by atoms with Gasteiger partial charge in [-0.2, -0.15) is 26.3 Å². The van der Waals surface area contributed by atoms with Gasteiger partial charge in [-0.1, -0.05) is 23.7 Å². The van der Waals surface area contributed by atoms with Crippen LogP contribution in [0.5, 0.6) is 0 Å². The highest BCUT2D eigenvalue weighted by Gasteiger charge is 2.38. The van der Waals surface area contributed by atoms with E-state index in [1.807, 2.05) is 0 Å². The van der Waals surface area contributed by atoms with E-state index in [1.54, 1.807) is 0 Å². The van der Waals surface area contributed by atoms with Gasteiger partial charge in [-0.15, -0.1) is 0 Å². The summed E-state index contributed by atoms with van der Waals surface area (Å²) in [6, 6.07) is 7.82. The minimum Gasteiger partial charge on any atom is -0.454 e. The van der Waals surface area contributed by atoms with Crippen LogP contribution in [0, 0.1) is 0 Å². The lowest BCUT2D eigenvalue weighted by Crippen LogP contribution is -2.25. The van der Waals surface area contributed by atoms with Crippen molar-refractivity contribution in [3.63, 3.8) is 0 Å².